The number of nitro groups is 1. The van der Waals surface area contributed by atoms with Gasteiger partial charge in [0.1, 0.15) is 0 Å². The molecule has 0 aliphatic heterocycles. The summed E-state index contributed by atoms with van der Waals surface area (Å²) in [6.07, 6.45) is 0.971. The standard InChI is InChI=1S/C18H22N2O5S/c1-14-8-9-16(20(22)23)12-17(14)26(24,25)19-13-18(2,21)11-10-15-6-4-3-5-7-15/h3-9,12,19,21H,10-11,13H2,1-2H3. The zero-order chi connectivity index (χ0) is 19.4. The summed E-state index contributed by atoms with van der Waals surface area (Å²) in [4.78, 5) is 10.1. The molecule has 0 aliphatic carbocycles. The quantitative estimate of drug-likeness (QED) is 0.542. The van der Waals surface area contributed by atoms with Crippen LogP contribution in [0.3, 0.4) is 0 Å². The van der Waals surface area contributed by atoms with Gasteiger partial charge in [-0.15, -0.1) is 0 Å². The molecule has 0 fully saturated rings. The van der Waals surface area contributed by atoms with E-state index in [1.54, 1.807) is 13.8 Å². The Morgan fingerprint density at radius 3 is 2.46 bits per heavy atom. The van der Waals surface area contributed by atoms with Crippen LogP contribution in [0.25, 0.3) is 0 Å². The first-order valence-corrected chi connectivity index (χ1v) is 9.60. The van der Waals surface area contributed by atoms with Gasteiger partial charge in [0.2, 0.25) is 10.0 Å². The van der Waals surface area contributed by atoms with Gasteiger partial charge in [-0.05, 0) is 37.8 Å². The summed E-state index contributed by atoms with van der Waals surface area (Å²) in [5.74, 6) is 0. The number of non-ortho nitro benzene ring substituents is 1. The summed E-state index contributed by atoms with van der Waals surface area (Å²) in [7, 11) is -3.98. The van der Waals surface area contributed by atoms with Gasteiger partial charge in [0.05, 0.1) is 15.4 Å². The molecular weight excluding hydrogens is 356 g/mol. The van der Waals surface area contributed by atoms with Crippen molar-refractivity contribution in [2.75, 3.05) is 6.54 Å². The summed E-state index contributed by atoms with van der Waals surface area (Å²) >= 11 is 0. The van der Waals surface area contributed by atoms with Crippen LogP contribution in [0, 0.1) is 17.0 Å². The van der Waals surface area contributed by atoms with Crippen LogP contribution >= 0.6 is 0 Å². The van der Waals surface area contributed by atoms with Crippen molar-refractivity contribution in [2.45, 2.75) is 37.2 Å². The fourth-order valence-electron chi connectivity index (χ4n) is 2.47. The van der Waals surface area contributed by atoms with Crippen LogP contribution in [0.1, 0.15) is 24.5 Å². The van der Waals surface area contributed by atoms with Gasteiger partial charge in [-0.25, -0.2) is 13.1 Å². The summed E-state index contributed by atoms with van der Waals surface area (Å²) < 4.78 is 27.4. The molecule has 0 heterocycles. The van der Waals surface area contributed by atoms with Gasteiger partial charge >= 0.3 is 0 Å². The second-order valence-corrected chi connectivity index (χ2v) is 8.25. The number of aliphatic hydroxyl groups is 1. The zero-order valence-electron chi connectivity index (χ0n) is 14.7. The van der Waals surface area contributed by atoms with Crippen molar-refractivity contribution in [2.24, 2.45) is 0 Å². The van der Waals surface area contributed by atoms with Crippen molar-refractivity contribution in [3.63, 3.8) is 0 Å². The predicted octanol–water partition coefficient (Wildman–Crippen LogP) is 2.57. The molecule has 0 aliphatic rings. The van der Waals surface area contributed by atoms with Gasteiger partial charge in [-0.2, -0.15) is 0 Å². The highest BCUT2D eigenvalue weighted by molar-refractivity contribution is 7.89. The third-order valence-corrected chi connectivity index (χ3v) is 5.65. The fraction of sp³-hybridized carbons (Fsp3) is 0.333. The van der Waals surface area contributed by atoms with Gasteiger partial charge in [0.15, 0.2) is 0 Å². The lowest BCUT2D eigenvalue weighted by Gasteiger charge is -2.24. The number of hydrogen-bond acceptors (Lipinski definition) is 5. The molecule has 1 atom stereocenters. The maximum atomic E-state index is 12.5. The van der Waals surface area contributed by atoms with Gasteiger partial charge in [-0.3, -0.25) is 10.1 Å². The third kappa shape index (κ3) is 5.35. The molecule has 2 rings (SSSR count). The van der Waals surface area contributed by atoms with E-state index in [0.717, 1.165) is 11.6 Å². The Kier molecular flexibility index (Phi) is 6.12. The number of benzene rings is 2. The summed E-state index contributed by atoms with van der Waals surface area (Å²) in [6.45, 7) is 2.93. The Labute approximate surface area is 152 Å². The van der Waals surface area contributed by atoms with Crippen molar-refractivity contribution >= 4 is 15.7 Å². The number of sulfonamides is 1. The highest BCUT2D eigenvalue weighted by atomic mass is 32.2. The maximum absolute atomic E-state index is 12.5. The topological polar surface area (TPSA) is 110 Å². The third-order valence-electron chi connectivity index (χ3n) is 4.11. The lowest BCUT2D eigenvalue weighted by molar-refractivity contribution is -0.385. The minimum atomic E-state index is -3.98. The van der Waals surface area contributed by atoms with E-state index in [0.29, 0.717) is 18.4 Å². The Morgan fingerprint density at radius 1 is 1.19 bits per heavy atom. The van der Waals surface area contributed by atoms with E-state index in [1.807, 2.05) is 30.3 Å². The molecule has 1 unspecified atom stereocenters. The average Bonchev–Trinajstić information content (AvgIpc) is 2.59. The molecule has 2 N–H and O–H groups in total. The van der Waals surface area contributed by atoms with Crippen molar-refractivity contribution in [1.82, 2.24) is 4.72 Å². The van der Waals surface area contributed by atoms with Crippen LogP contribution in [0.5, 0.6) is 0 Å². The molecule has 0 saturated carbocycles. The lowest BCUT2D eigenvalue weighted by atomic mass is 9.97. The molecule has 2 aromatic carbocycles. The molecular formula is C18H22N2O5S. The van der Waals surface area contributed by atoms with Crippen molar-refractivity contribution in [3.8, 4) is 0 Å². The number of hydrogen-bond donors (Lipinski definition) is 2. The number of nitrogens with zero attached hydrogens (tertiary/aromatic N) is 1. The lowest BCUT2D eigenvalue weighted by Crippen LogP contribution is -2.41. The molecule has 26 heavy (non-hydrogen) atoms. The average molecular weight is 378 g/mol. The van der Waals surface area contributed by atoms with Gasteiger partial charge in [0, 0.05) is 18.7 Å². The van der Waals surface area contributed by atoms with Crippen LogP contribution in [0.2, 0.25) is 0 Å². The number of aryl methyl sites for hydroxylation is 2. The molecule has 0 aromatic heterocycles. The van der Waals surface area contributed by atoms with Gasteiger partial charge in [0.25, 0.3) is 5.69 Å². The second-order valence-electron chi connectivity index (χ2n) is 6.51. The van der Waals surface area contributed by atoms with E-state index in [2.05, 4.69) is 4.72 Å². The first-order chi connectivity index (χ1) is 12.1. The molecule has 0 bridgehead atoms. The highest BCUT2D eigenvalue weighted by Gasteiger charge is 2.26. The summed E-state index contributed by atoms with van der Waals surface area (Å²) in [6, 6.07) is 13.2. The van der Waals surface area contributed by atoms with Crippen LogP contribution in [0.15, 0.2) is 53.4 Å². The van der Waals surface area contributed by atoms with Gasteiger partial charge in [-0.1, -0.05) is 36.4 Å². The van der Waals surface area contributed by atoms with Crippen molar-refractivity contribution in [3.05, 3.63) is 69.8 Å². The minimum Gasteiger partial charge on any atom is -0.389 e. The molecule has 0 amide bonds. The summed E-state index contributed by atoms with van der Waals surface area (Å²) in [5.41, 5.74) is -0.110. The largest absolute Gasteiger partial charge is 0.389 e. The Morgan fingerprint density at radius 2 is 1.85 bits per heavy atom. The fourth-order valence-corrected chi connectivity index (χ4v) is 3.89. The second kappa shape index (κ2) is 7.94. The molecule has 140 valence electrons. The van der Waals surface area contributed by atoms with Crippen LogP contribution in [-0.4, -0.2) is 30.6 Å². The maximum Gasteiger partial charge on any atom is 0.270 e. The first kappa shape index (κ1) is 20.0. The molecule has 0 spiro atoms. The van der Waals surface area contributed by atoms with Gasteiger partial charge < -0.3 is 5.11 Å². The molecule has 0 radical (unpaired) electrons. The Hall–Kier alpha value is -2.29. The number of nitro benzene ring substituents is 1. The van der Waals surface area contributed by atoms with E-state index in [4.69, 9.17) is 0 Å². The van der Waals surface area contributed by atoms with E-state index in [9.17, 15) is 23.6 Å². The highest BCUT2D eigenvalue weighted by Crippen LogP contribution is 2.22. The first-order valence-electron chi connectivity index (χ1n) is 8.12. The van der Waals surface area contributed by atoms with E-state index >= 15 is 0 Å². The van der Waals surface area contributed by atoms with Crippen LogP contribution in [0.4, 0.5) is 5.69 Å². The van der Waals surface area contributed by atoms with Crippen molar-refractivity contribution in [1.29, 1.82) is 0 Å². The van der Waals surface area contributed by atoms with Crippen molar-refractivity contribution < 1.29 is 18.4 Å². The monoisotopic (exact) mass is 378 g/mol. The summed E-state index contributed by atoms with van der Waals surface area (Å²) in [5, 5.41) is 21.3. The smallest absolute Gasteiger partial charge is 0.270 e. The molecule has 8 heteroatoms. The number of rotatable bonds is 8. The van der Waals surface area contributed by atoms with Crippen LogP contribution in [-0.2, 0) is 16.4 Å². The minimum absolute atomic E-state index is 0.162. The molecule has 7 nitrogen and oxygen atoms in total. The Balaban J connectivity index is 2.07. The normalized spacial score (nSPS) is 14.0. The predicted molar refractivity (Wildman–Crippen MR) is 98.4 cm³/mol. The molecule has 2 aromatic rings. The van der Waals surface area contributed by atoms with E-state index in [1.165, 1.54) is 12.1 Å². The van der Waals surface area contributed by atoms with Crippen LogP contribution < -0.4 is 4.72 Å². The SMILES string of the molecule is Cc1ccc([N+](=O)[O-])cc1S(=O)(=O)NCC(C)(O)CCc1ccccc1. The zero-order valence-corrected chi connectivity index (χ0v) is 15.5. The van der Waals surface area contributed by atoms with E-state index < -0.39 is 20.5 Å². The Bertz CT molecular complexity index is 880. The number of nitrogens with one attached hydrogen (secondary N) is 1. The molecule has 0 saturated heterocycles. The van der Waals surface area contributed by atoms with E-state index in [-0.39, 0.29) is 17.1 Å².